The first-order valence-electron chi connectivity index (χ1n) is 6.08. The van der Waals surface area contributed by atoms with Gasteiger partial charge in [0.15, 0.2) is 0 Å². The maximum atomic E-state index is 12.3. The highest BCUT2D eigenvalue weighted by Crippen LogP contribution is 2.39. The number of ether oxygens (including phenoxy) is 1. The molecule has 4 nitrogen and oxygen atoms in total. The van der Waals surface area contributed by atoms with Crippen LogP contribution in [-0.4, -0.2) is 23.6 Å². The standard InChI is InChI=1S/C15H13NO3/c1-19-15(18)13-12(10-6-3-2-4-7-10)11-8-5-9-16(11)14(13)17/h2-9,12-13H,1H3. The van der Waals surface area contributed by atoms with Crippen molar-refractivity contribution in [3.05, 3.63) is 59.9 Å². The molecule has 0 aliphatic carbocycles. The van der Waals surface area contributed by atoms with Gasteiger partial charge in [0.05, 0.1) is 7.11 Å². The summed E-state index contributed by atoms with van der Waals surface area (Å²) in [5, 5.41) is 0. The summed E-state index contributed by atoms with van der Waals surface area (Å²) in [5.41, 5.74) is 1.79. The first-order chi connectivity index (χ1) is 9.24. The molecule has 1 aromatic carbocycles. The zero-order valence-electron chi connectivity index (χ0n) is 10.4. The van der Waals surface area contributed by atoms with Crippen molar-refractivity contribution in [3.63, 3.8) is 0 Å². The quantitative estimate of drug-likeness (QED) is 0.609. The fraction of sp³-hybridized carbons (Fsp3) is 0.200. The van der Waals surface area contributed by atoms with Crippen molar-refractivity contribution in [1.82, 2.24) is 4.57 Å². The van der Waals surface area contributed by atoms with E-state index in [1.54, 1.807) is 10.8 Å². The van der Waals surface area contributed by atoms with Crippen molar-refractivity contribution in [2.45, 2.75) is 5.92 Å². The lowest BCUT2D eigenvalue weighted by molar-refractivity contribution is -0.143. The molecule has 0 bridgehead atoms. The van der Waals surface area contributed by atoms with Gasteiger partial charge in [-0.2, -0.15) is 0 Å². The van der Waals surface area contributed by atoms with Crippen LogP contribution in [0.3, 0.4) is 0 Å². The van der Waals surface area contributed by atoms with E-state index in [4.69, 9.17) is 4.74 Å². The number of carbonyl (C=O) groups excluding carboxylic acids is 2. The SMILES string of the molecule is COC(=O)C1C(=O)n2cccc2C1c1ccccc1. The van der Waals surface area contributed by atoms with Crippen LogP contribution in [0.25, 0.3) is 0 Å². The summed E-state index contributed by atoms with van der Waals surface area (Å²) in [5.74, 6) is -1.76. The fourth-order valence-electron chi connectivity index (χ4n) is 2.70. The van der Waals surface area contributed by atoms with Gasteiger partial charge in [0.25, 0.3) is 0 Å². The van der Waals surface area contributed by atoms with Gasteiger partial charge < -0.3 is 4.74 Å². The molecule has 0 saturated heterocycles. The van der Waals surface area contributed by atoms with Crippen LogP contribution in [0.2, 0.25) is 0 Å². The number of esters is 1. The van der Waals surface area contributed by atoms with E-state index in [0.29, 0.717) is 0 Å². The third-order valence-corrected chi connectivity index (χ3v) is 3.55. The second kappa shape index (κ2) is 4.39. The number of benzene rings is 1. The molecule has 0 N–H and O–H groups in total. The van der Waals surface area contributed by atoms with Crippen LogP contribution in [0.5, 0.6) is 0 Å². The fourth-order valence-corrected chi connectivity index (χ4v) is 2.70. The van der Waals surface area contributed by atoms with E-state index >= 15 is 0 Å². The smallest absolute Gasteiger partial charge is 0.319 e. The molecule has 1 aliphatic heterocycles. The van der Waals surface area contributed by atoms with E-state index < -0.39 is 11.9 Å². The van der Waals surface area contributed by atoms with Crippen molar-refractivity contribution < 1.29 is 14.3 Å². The Balaban J connectivity index is 2.13. The molecule has 1 aromatic heterocycles. The Hall–Kier alpha value is -2.36. The average Bonchev–Trinajstić information content (AvgIpc) is 3.01. The van der Waals surface area contributed by atoms with Crippen LogP contribution in [0.4, 0.5) is 0 Å². The van der Waals surface area contributed by atoms with Gasteiger partial charge in [-0.25, -0.2) is 0 Å². The first-order valence-corrected chi connectivity index (χ1v) is 6.08. The lowest BCUT2D eigenvalue weighted by Gasteiger charge is -2.16. The molecule has 2 unspecified atom stereocenters. The second-order valence-electron chi connectivity index (χ2n) is 4.53. The largest absolute Gasteiger partial charge is 0.468 e. The molecule has 3 rings (SSSR count). The number of nitrogens with zero attached hydrogens (tertiary/aromatic N) is 1. The van der Waals surface area contributed by atoms with Crippen LogP contribution < -0.4 is 0 Å². The Bertz CT molecular complexity index is 630. The Morgan fingerprint density at radius 2 is 1.89 bits per heavy atom. The number of carbonyl (C=O) groups is 2. The van der Waals surface area contributed by atoms with Crippen LogP contribution in [0, 0.1) is 5.92 Å². The van der Waals surface area contributed by atoms with Crippen LogP contribution in [0.1, 0.15) is 22.0 Å². The van der Waals surface area contributed by atoms with Gasteiger partial charge in [-0.15, -0.1) is 0 Å². The molecule has 4 heteroatoms. The molecule has 0 saturated carbocycles. The molecule has 96 valence electrons. The van der Waals surface area contributed by atoms with Crippen LogP contribution in [0.15, 0.2) is 48.7 Å². The molecule has 2 heterocycles. The highest BCUT2D eigenvalue weighted by molar-refractivity contribution is 6.03. The number of fused-ring (bicyclic) bond motifs is 1. The molecule has 0 spiro atoms. The zero-order chi connectivity index (χ0) is 13.4. The van der Waals surface area contributed by atoms with Crippen molar-refractivity contribution >= 4 is 11.9 Å². The van der Waals surface area contributed by atoms with Crippen LogP contribution in [-0.2, 0) is 9.53 Å². The number of methoxy groups -OCH3 is 1. The third kappa shape index (κ3) is 1.68. The van der Waals surface area contributed by atoms with E-state index in [-0.39, 0.29) is 11.8 Å². The summed E-state index contributed by atoms with van der Waals surface area (Å²) in [4.78, 5) is 24.2. The lowest BCUT2D eigenvalue weighted by atomic mass is 9.86. The van der Waals surface area contributed by atoms with E-state index in [0.717, 1.165) is 11.3 Å². The number of hydrogen-bond acceptors (Lipinski definition) is 3. The first kappa shape index (κ1) is 11.7. The maximum Gasteiger partial charge on any atom is 0.319 e. The monoisotopic (exact) mass is 255 g/mol. The van der Waals surface area contributed by atoms with Gasteiger partial charge in [-0.1, -0.05) is 30.3 Å². The summed E-state index contributed by atoms with van der Waals surface area (Å²) in [6, 6.07) is 13.3. The van der Waals surface area contributed by atoms with E-state index in [2.05, 4.69) is 0 Å². The highest BCUT2D eigenvalue weighted by Gasteiger charge is 2.45. The molecular formula is C15H13NO3. The third-order valence-electron chi connectivity index (χ3n) is 3.55. The normalized spacial score (nSPS) is 21.2. The topological polar surface area (TPSA) is 48.3 Å². The van der Waals surface area contributed by atoms with Gasteiger partial charge in [0.1, 0.15) is 5.92 Å². The van der Waals surface area contributed by atoms with Crippen molar-refractivity contribution in [2.24, 2.45) is 5.92 Å². The van der Waals surface area contributed by atoms with Gasteiger partial charge >= 0.3 is 5.97 Å². The van der Waals surface area contributed by atoms with Crippen molar-refractivity contribution in [2.75, 3.05) is 7.11 Å². The molecular weight excluding hydrogens is 242 g/mol. The molecule has 19 heavy (non-hydrogen) atoms. The Morgan fingerprint density at radius 1 is 1.16 bits per heavy atom. The van der Waals surface area contributed by atoms with Crippen molar-refractivity contribution in [1.29, 1.82) is 0 Å². The predicted molar refractivity (Wildman–Crippen MR) is 68.8 cm³/mol. The molecule has 0 radical (unpaired) electrons. The van der Waals surface area contributed by atoms with Gasteiger partial charge in [-0.05, 0) is 17.7 Å². The number of hydrogen-bond donors (Lipinski definition) is 0. The molecule has 2 atom stereocenters. The minimum absolute atomic E-state index is 0.222. The molecule has 0 amide bonds. The van der Waals surface area contributed by atoms with Gasteiger partial charge in [0.2, 0.25) is 5.91 Å². The summed E-state index contributed by atoms with van der Waals surface area (Å²) in [7, 11) is 1.31. The Morgan fingerprint density at radius 3 is 2.58 bits per heavy atom. The minimum atomic E-state index is -0.788. The highest BCUT2D eigenvalue weighted by atomic mass is 16.5. The molecule has 1 aliphatic rings. The summed E-state index contributed by atoms with van der Waals surface area (Å²) in [6.45, 7) is 0. The summed E-state index contributed by atoms with van der Waals surface area (Å²) < 4.78 is 6.32. The Kier molecular flexibility index (Phi) is 2.71. The lowest BCUT2D eigenvalue weighted by Crippen LogP contribution is -2.27. The number of rotatable bonds is 2. The second-order valence-corrected chi connectivity index (χ2v) is 4.53. The van der Waals surface area contributed by atoms with E-state index in [1.807, 2.05) is 42.5 Å². The number of aromatic nitrogens is 1. The summed E-state index contributed by atoms with van der Waals surface area (Å²) in [6.07, 6.45) is 1.69. The minimum Gasteiger partial charge on any atom is -0.468 e. The predicted octanol–water partition coefficient (Wildman–Crippen LogP) is 2.06. The maximum absolute atomic E-state index is 12.3. The van der Waals surface area contributed by atoms with Crippen molar-refractivity contribution in [3.8, 4) is 0 Å². The van der Waals surface area contributed by atoms with Gasteiger partial charge in [-0.3, -0.25) is 14.2 Å². The Labute approximate surface area is 110 Å². The summed E-state index contributed by atoms with van der Waals surface area (Å²) >= 11 is 0. The van der Waals surface area contributed by atoms with Crippen LogP contribution >= 0.6 is 0 Å². The van der Waals surface area contributed by atoms with E-state index in [9.17, 15) is 9.59 Å². The molecule has 2 aromatic rings. The molecule has 0 fully saturated rings. The van der Waals surface area contributed by atoms with Gasteiger partial charge in [0, 0.05) is 17.8 Å². The average molecular weight is 255 g/mol. The zero-order valence-corrected chi connectivity index (χ0v) is 10.4. The van der Waals surface area contributed by atoms with E-state index in [1.165, 1.54) is 7.11 Å².